The summed E-state index contributed by atoms with van der Waals surface area (Å²) in [5, 5.41) is 17.5. The average Bonchev–Trinajstić information content (AvgIpc) is 2.52. The van der Waals surface area contributed by atoms with E-state index in [0.717, 1.165) is 32.7 Å². The van der Waals surface area contributed by atoms with E-state index in [1.807, 2.05) is 0 Å². The van der Waals surface area contributed by atoms with E-state index in [4.69, 9.17) is 10.00 Å². The molecule has 1 saturated heterocycles. The molecule has 3 N–H and O–H groups in total. The summed E-state index contributed by atoms with van der Waals surface area (Å²) in [6.45, 7) is 6.98. The maximum atomic E-state index is 11.8. The van der Waals surface area contributed by atoms with Crippen LogP contribution in [0.2, 0.25) is 0 Å². The topological polar surface area (TPSA) is 106 Å². The molecule has 8 heteroatoms. The highest BCUT2D eigenvalue weighted by molar-refractivity contribution is 5.97. The summed E-state index contributed by atoms with van der Waals surface area (Å²) in [5.74, 6) is -0.885. The lowest BCUT2D eigenvalue weighted by molar-refractivity contribution is -0.141. The second-order valence-electron chi connectivity index (χ2n) is 4.70. The van der Waals surface area contributed by atoms with Crippen LogP contribution in [-0.4, -0.2) is 69.2 Å². The molecule has 0 aromatic carbocycles. The van der Waals surface area contributed by atoms with Crippen LogP contribution in [0.1, 0.15) is 6.92 Å². The monoisotopic (exact) mass is 309 g/mol. The van der Waals surface area contributed by atoms with Crippen molar-refractivity contribution in [3.63, 3.8) is 0 Å². The summed E-state index contributed by atoms with van der Waals surface area (Å²) < 4.78 is 4.73. The Hall–Kier alpha value is -2.11. The molecule has 1 aliphatic heterocycles. The number of carbonyl (C=O) groups excluding carboxylic acids is 2. The zero-order valence-corrected chi connectivity index (χ0v) is 12.9. The maximum absolute atomic E-state index is 11.8. The van der Waals surface area contributed by atoms with E-state index in [-0.39, 0.29) is 12.1 Å². The molecule has 0 atom stereocenters. The summed E-state index contributed by atoms with van der Waals surface area (Å²) >= 11 is 0. The zero-order valence-electron chi connectivity index (χ0n) is 12.9. The van der Waals surface area contributed by atoms with Gasteiger partial charge in [-0.3, -0.25) is 14.5 Å². The van der Waals surface area contributed by atoms with E-state index in [0.29, 0.717) is 13.2 Å². The molecular weight excluding hydrogens is 286 g/mol. The highest BCUT2D eigenvalue weighted by Crippen LogP contribution is 1.93. The third-order valence-electron chi connectivity index (χ3n) is 3.09. The summed E-state index contributed by atoms with van der Waals surface area (Å²) in [5.41, 5.74) is -0.0652. The molecule has 8 nitrogen and oxygen atoms in total. The highest BCUT2D eigenvalue weighted by atomic mass is 16.5. The van der Waals surface area contributed by atoms with Crippen LogP contribution in [0.25, 0.3) is 0 Å². The van der Waals surface area contributed by atoms with Gasteiger partial charge >= 0.3 is 5.97 Å². The fourth-order valence-electron chi connectivity index (χ4n) is 1.95. The van der Waals surface area contributed by atoms with Gasteiger partial charge in [-0.25, -0.2) is 0 Å². The summed E-state index contributed by atoms with van der Waals surface area (Å²) in [6, 6.07) is 1.81. The van der Waals surface area contributed by atoms with Gasteiger partial charge in [0.05, 0.1) is 6.61 Å². The second kappa shape index (κ2) is 10.6. The summed E-state index contributed by atoms with van der Waals surface area (Å²) in [4.78, 5) is 25.2. The number of nitrogens with one attached hydrogen (secondary N) is 3. The number of hydrogen-bond donors (Lipinski definition) is 3. The van der Waals surface area contributed by atoms with Crippen molar-refractivity contribution in [1.82, 2.24) is 20.9 Å². The third-order valence-corrected chi connectivity index (χ3v) is 3.09. The lowest BCUT2D eigenvalue weighted by atomic mass is 10.3. The molecule has 1 heterocycles. The number of hydrogen-bond acceptors (Lipinski definition) is 7. The number of esters is 1. The number of ether oxygens (including phenoxy) is 1. The quantitative estimate of drug-likeness (QED) is 0.287. The number of nitriles is 1. The minimum absolute atomic E-state index is 0.0652. The van der Waals surface area contributed by atoms with Gasteiger partial charge in [-0.05, 0) is 6.92 Å². The van der Waals surface area contributed by atoms with Gasteiger partial charge in [0.15, 0.2) is 0 Å². The van der Waals surface area contributed by atoms with Crippen LogP contribution in [0.3, 0.4) is 0 Å². The van der Waals surface area contributed by atoms with Gasteiger partial charge in [-0.1, -0.05) is 0 Å². The maximum Gasteiger partial charge on any atom is 0.325 e. The van der Waals surface area contributed by atoms with Gasteiger partial charge in [-0.15, -0.1) is 0 Å². The smallest absolute Gasteiger partial charge is 0.325 e. The fraction of sp³-hybridized carbons (Fsp3) is 0.643. The van der Waals surface area contributed by atoms with Crippen molar-refractivity contribution in [2.45, 2.75) is 6.92 Å². The Bertz CT molecular complexity index is 438. The van der Waals surface area contributed by atoms with Gasteiger partial charge in [0.2, 0.25) is 0 Å². The number of piperazine rings is 1. The van der Waals surface area contributed by atoms with Crippen molar-refractivity contribution < 1.29 is 14.3 Å². The van der Waals surface area contributed by atoms with Crippen LogP contribution in [0, 0.1) is 11.3 Å². The molecule has 0 unspecified atom stereocenters. The Labute approximate surface area is 130 Å². The van der Waals surface area contributed by atoms with Gasteiger partial charge in [0.25, 0.3) is 5.91 Å². The molecule has 0 radical (unpaired) electrons. The molecule has 0 aromatic rings. The highest BCUT2D eigenvalue weighted by Gasteiger charge is 2.11. The molecule has 0 aromatic heterocycles. The largest absolute Gasteiger partial charge is 0.465 e. The number of amides is 1. The molecule has 1 aliphatic rings. The van der Waals surface area contributed by atoms with E-state index < -0.39 is 11.9 Å². The molecule has 0 spiro atoms. The van der Waals surface area contributed by atoms with Crippen LogP contribution in [0.4, 0.5) is 0 Å². The predicted molar refractivity (Wildman–Crippen MR) is 80.7 cm³/mol. The molecule has 1 amide bonds. The van der Waals surface area contributed by atoms with Crippen LogP contribution < -0.4 is 16.0 Å². The number of carbonyl (C=O) groups is 2. The van der Waals surface area contributed by atoms with Gasteiger partial charge in [0, 0.05) is 45.5 Å². The van der Waals surface area contributed by atoms with Crippen molar-refractivity contribution in [2.75, 3.05) is 52.4 Å². The standard InChI is InChI=1S/C14H23N5O3/c1-2-22-13(20)11-17-10-12(9-15)14(21)18-5-8-19-6-3-16-4-7-19/h10,16-17H,2-8,11H2,1H3,(H,18,21)/b12-10-. The third kappa shape index (κ3) is 7.06. The number of nitrogens with zero attached hydrogens (tertiary/aromatic N) is 2. The Morgan fingerprint density at radius 3 is 2.77 bits per heavy atom. The molecule has 0 bridgehead atoms. The Morgan fingerprint density at radius 1 is 1.41 bits per heavy atom. The summed E-state index contributed by atoms with van der Waals surface area (Å²) in [6.07, 6.45) is 1.23. The van der Waals surface area contributed by atoms with Crippen LogP contribution in [0.15, 0.2) is 11.8 Å². The van der Waals surface area contributed by atoms with Crippen LogP contribution >= 0.6 is 0 Å². The second-order valence-corrected chi connectivity index (χ2v) is 4.70. The summed E-state index contributed by atoms with van der Waals surface area (Å²) in [7, 11) is 0. The van der Waals surface area contributed by atoms with E-state index in [2.05, 4.69) is 20.9 Å². The van der Waals surface area contributed by atoms with E-state index >= 15 is 0 Å². The van der Waals surface area contributed by atoms with Crippen molar-refractivity contribution in [2.24, 2.45) is 0 Å². The average molecular weight is 309 g/mol. The van der Waals surface area contributed by atoms with Crippen molar-refractivity contribution in [3.8, 4) is 6.07 Å². The first kappa shape index (κ1) is 17.9. The van der Waals surface area contributed by atoms with E-state index in [1.165, 1.54) is 6.20 Å². The lowest BCUT2D eigenvalue weighted by Gasteiger charge is -2.27. The Balaban J connectivity index is 2.27. The lowest BCUT2D eigenvalue weighted by Crippen LogP contribution is -2.46. The first-order chi connectivity index (χ1) is 10.7. The molecular formula is C14H23N5O3. The van der Waals surface area contributed by atoms with Gasteiger partial charge < -0.3 is 20.7 Å². The molecule has 0 aliphatic carbocycles. The first-order valence-electron chi connectivity index (χ1n) is 7.38. The Morgan fingerprint density at radius 2 is 2.14 bits per heavy atom. The van der Waals surface area contributed by atoms with Crippen molar-refractivity contribution in [1.29, 1.82) is 5.26 Å². The molecule has 1 rings (SSSR count). The van der Waals surface area contributed by atoms with Crippen LogP contribution in [-0.2, 0) is 14.3 Å². The fourth-order valence-corrected chi connectivity index (χ4v) is 1.95. The Kier molecular flexibility index (Phi) is 8.64. The SMILES string of the molecule is CCOC(=O)CN/C=C(/C#N)C(=O)NCCN1CCNCC1. The van der Waals surface area contributed by atoms with Gasteiger partial charge in [-0.2, -0.15) is 5.26 Å². The normalized spacial score (nSPS) is 15.7. The van der Waals surface area contributed by atoms with Crippen molar-refractivity contribution >= 4 is 11.9 Å². The minimum Gasteiger partial charge on any atom is -0.465 e. The van der Waals surface area contributed by atoms with Gasteiger partial charge in [0.1, 0.15) is 18.2 Å². The van der Waals surface area contributed by atoms with Crippen molar-refractivity contribution in [3.05, 3.63) is 11.8 Å². The minimum atomic E-state index is -0.450. The zero-order chi connectivity index (χ0) is 16.2. The molecule has 22 heavy (non-hydrogen) atoms. The van der Waals surface area contributed by atoms with E-state index in [9.17, 15) is 9.59 Å². The molecule has 122 valence electrons. The predicted octanol–water partition coefficient (Wildman–Crippen LogP) is -1.43. The number of rotatable bonds is 8. The van der Waals surface area contributed by atoms with Crippen LogP contribution in [0.5, 0.6) is 0 Å². The first-order valence-corrected chi connectivity index (χ1v) is 7.38. The molecule has 1 fully saturated rings. The van der Waals surface area contributed by atoms with E-state index in [1.54, 1.807) is 13.0 Å². The molecule has 0 saturated carbocycles.